The van der Waals surface area contributed by atoms with Crippen LogP contribution in [-0.4, -0.2) is 15.0 Å². The molecule has 0 unspecified atom stereocenters. The molecule has 0 aliphatic rings. The van der Waals surface area contributed by atoms with Gasteiger partial charge >= 0.3 is 0 Å². The van der Waals surface area contributed by atoms with Crippen LogP contribution in [0.2, 0.25) is 5.28 Å². The molecule has 0 saturated carbocycles. The number of aryl methyl sites for hydroxylation is 1. The number of nitrogens with two attached hydrogens (primary N) is 1. The first-order chi connectivity index (χ1) is 7.58. The molecule has 0 aliphatic carbocycles. The van der Waals surface area contributed by atoms with Gasteiger partial charge in [-0.3, -0.25) is 0 Å². The molecule has 0 bridgehead atoms. The Hall–Kier alpha value is -1.20. The van der Waals surface area contributed by atoms with Gasteiger partial charge in [-0.25, -0.2) is 0 Å². The number of nitrogen functional groups attached to an aromatic ring is 1. The monoisotopic (exact) mass is 298 g/mol. The van der Waals surface area contributed by atoms with Gasteiger partial charge in [0.25, 0.3) is 0 Å². The maximum atomic E-state index is 5.73. The molecule has 16 heavy (non-hydrogen) atoms. The van der Waals surface area contributed by atoms with Gasteiger partial charge in [-0.2, -0.15) is 15.0 Å². The number of hydrogen-bond donors (Lipinski definition) is 1. The zero-order chi connectivity index (χ0) is 11.7. The smallest absolute Gasteiger partial charge is 0.227 e. The standard InChI is InChI=1S/C10H8BrClN4/c1-5-3-2-4-6(7(5)11)8-14-9(12)16-10(13)15-8/h2-4H,1H3,(H2,13,14,15,16). The van der Waals surface area contributed by atoms with Crippen LogP contribution in [0, 0.1) is 6.92 Å². The highest BCUT2D eigenvalue weighted by Gasteiger charge is 2.10. The second kappa shape index (κ2) is 4.35. The highest BCUT2D eigenvalue weighted by molar-refractivity contribution is 9.10. The first-order valence-corrected chi connectivity index (χ1v) is 5.67. The number of hydrogen-bond acceptors (Lipinski definition) is 4. The molecule has 0 aliphatic heterocycles. The van der Waals surface area contributed by atoms with E-state index < -0.39 is 0 Å². The zero-order valence-corrected chi connectivity index (χ0v) is 10.7. The summed E-state index contributed by atoms with van der Waals surface area (Å²) >= 11 is 9.22. The number of halogens is 2. The quantitative estimate of drug-likeness (QED) is 0.879. The molecule has 0 saturated heterocycles. The van der Waals surface area contributed by atoms with Crippen LogP contribution in [-0.2, 0) is 0 Å². The fraction of sp³-hybridized carbons (Fsp3) is 0.100. The summed E-state index contributed by atoms with van der Waals surface area (Å²) in [6, 6.07) is 5.80. The number of anilines is 1. The van der Waals surface area contributed by atoms with Crippen LogP contribution < -0.4 is 5.73 Å². The molecular weight excluding hydrogens is 291 g/mol. The summed E-state index contributed by atoms with van der Waals surface area (Å²) in [5.74, 6) is 0.580. The lowest BCUT2D eigenvalue weighted by Gasteiger charge is -2.06. The first kappa shape index (κ1) is 11.3. The topological polar surface area (TPSA) is 64.7 Å². The third-order valence-electron chi connectivity index (χ3n) is 2.06. The summed E-state index contributed by atoms with van der Waals surface area (Å²) in [6.45, 7) is 1.99. The fourth-order valence-corrected chi connectivity index (χ4v) is 1.91. The van der Waals surface area contributed by atoms with Crippen molar-refractivity contribution in [3.63, 3.8) is 0 Å². The van der Waals surface area contributed by atoms with Gasteiger partial charge in [0.15, 0.2) is 5.82 Å². The molecule has 1 heterocycles. The Morgan fingerprint density at radius 3 is 2.69 bits per heavy atom. The van der Waals surface area contributed by atoms with Crippen molar-refractivity contribution in [2.75, 3.05) is 5.73 Å². The van der Waals surface area contributed by atoms with Crippen molar-refractivity contribution in [2.24, 2.45) is 0 Å². The Balaban J connectivity index is 2.63. The SMILES string of the molecule is Cc1cccc(-c2nc(N)nc(Cl)n2)c1Br. The Morgan fingerprint density at radius 2 is 2.00 bits per heavy atom. The van der Waals surface area contributed by atoms with Crippen LogP contribution in [0.5, 0.6) is 0 Å². The van der Waals surface area contributed by atoms with Crippen LogP contribution in [0.1, 0.15) is 5.56 Å². The largest absolute Gasteiger partial charge is 0.368 e. The van der Waals surface area contributed by atoms with E-state index in [9.17, 15) is 0 Å². The Kier molecular flexibility index (Phi) is 3.07. The minimum absolute atomic E-state index is 0.0934. The van der Waals surface area contributed by atoms with Crippen LogP contribution >= 0.6 is 27.5 Å². The van der Waals surface area contributed by atoms with Crippen molar-refractivity contribution in [2.45, 2.75) is 6.92 Å². The molecule has 82 valence electrons. The van der Waals surface area contributed by atoms with E-state index >= 15 is 0 Å². The lowest BCUT2D eigenvalue weighted by Crippen LogP contribution is -2.00. The molecule has 4 nitrogen and oxygen atoms in total. The van der Waals surface area contributed by atoms with Crippen LogP contribution in [0.25, 0.3) is 11.4 Å². The second-order valence-electron chi connectivity index (χ2n) is 3.22. The van der Waals surface area contributed by atoms with E-state index in [1.807, 2.05) is 25.1 Å². The summed E-state index contributed by atoms with van der Waals surface area (Å²) < 4.78 is 0.927. The number of benzene rings is 1. The van der Waals surface area contributed by atoms with Gasteiger partial charge in [0.05, 0.1) is 0 Å². The lowest BCUT2D eigenvalue weighted by atomic mass is 10.1. The predicted octanol–water partition coefficient (Wildman–Crippen LogP) is 2.85. The summed E-state index contributed by atoms with van der Waals surface area (Å²) in [7, 11) is 0. The van der Waals surface area contributed by atoms with Gasteiger partial charge in [-0.15, -0.1) is 0 Å². The van der Waals surface area contributed by atoms with E-state index in [2.05, 4.69) is 30.9 Å². The third kappa shape index (κ3) is 2.15. The molecule has 2 aromatic rings. The van der Waals surface area contributed by atoms with E-state index in [0.717, 1.165) is 15.6 Å². The molecule has 0 spiro atoms. The Morgan fingerprint density at radius 1 is 1.25 bits per heavy atom. The lowest BCUT2D eigenvalue weighted by molar-refractivity contribution is 1.07. The molecule has 1 aromatic carbocycles. The average Bonchev–Trinajstić information content (AvgIpc) is 2.20. The van der Waals surface area contributed by atoms with Crippen LogP contribution in [0.4, 0.5) is 5.95 Å². The second-order valence-corrected chi connectivity index (χ2v) is 4.35. The van der Waals surface area contributed by atoms with E-state index in [-0.39, 0.29) is 11.2 Å². The van der Waals surface area contributed by atoms with Crippen LogP contribution in [0.3, 0.4) is 0 Å². The molecule has 0 atom stereocenters. The Labute approximate surface area is 106 Å². The number of aromatic nitrogens is 3. The van der Waals surface area contributed by atoms with E-state index in [4.69, 9.17) is 17.3 Å². The zero-order valence-electron chi connectivity index (χ0n) is 8.41. The van der Waals surface area contributed by atoms with E-state index in [1.165, 1.54) is 0 Å². The molecule has 2 N–H and O–H groups in total. The molecule has 1 aromatic heterocycles. The third-order valence-corrected chi connectivity index (χ3v) is 3.28. The summed E-state index contributed by atoms with van der Waals surface area (Å²) in [6.07, 6.45) is 0. The van der Waals surface area contributed by atoms with Crippen molar-refractivity contribution in [1.82, 2.24) is 15.0 Å². The maximum Gasteiger partial charge on any atom is 0.227 e. The van der Waals surface area contributed by atoms with Gasteiger partial charge < -0.3 is 5.73 Å². The van der Waals surface area contributed by atoms with Gasteiger partial charge in [0.1, 0.15) is 0 Å². The van der Waals surface area contributed by atoms with Crippen LogP contribution in [0.15, 0.2) is 22.7 Å². The fourth-order valence-electron chi connectivity index (χ4n) is 1.31. The van der Waals surface area contributed by atoms with Gasteiger partial charge in [0, 0.05) is 10.0 Å². The number of nitrogens with zero attached hydrogens (tertiary/aromatic N) is 3. The van der Waals surface area contributed by atoms with Crippen molar-refractivity contribution in [1.29, 1.82) is 0 Å². The molecule has 0 fully saturated rings. The average molecular weight is 300 g/mol. The molecular formula is C10H8BrClN4. The number of rotatable bonds is 1. The first-order valence-electron chi connectivity index (χ1n) is 4.50. The van der Waals surface area contributed by atoms with E-state index in [0.29, 0.717) is 5.82 Å². The van der Waals surface area contributed by atoms with Crippen molar-refractivity contribution >= 4 is 33.5 Å². The van der Waals surface area contributed by atoms with Crippen molar-refractivity contribution in [3.05, 3.63) is 33.5 Å². The van der Waals surface area contributed by atoms with Crippen molar-refractivity contribution in [3.8, 4) is 11.4 Å². The summed E-state index contributed by atoms with van der Waals surface area (Å²) in [5, 5.41) is 0.0934. The molecule has 6 heteroatoms. The predicted molar refractivity (Wildman–Crippen MR) is 67.1 cm³/mol. The highest BCUT2D eigenvalue weighted by Crippen LogP contribution is 2.28. The molecule has 0 radical (unpaired) electrons. The maximum absolute atomic E-state index is 5.73. The Bertz CT molecular complexity index is 524. The summed E-state index contributed by atoms with van der Waals surface area (Å²) in [4.78, 5) is 11.8. The molecule has 2 rings (SSSR count). The van der Waals surface area contributed by atoms with Gasteiger partial charge in [0.2, 0.25) is 11.2 Å². The van der Waals surface area contributed by atoms with E-state index in [1.54, 1.807) is 0 Å². The van der Waals surface area contributed by atoms with Gasteiger partial charge in [-0.05, 0) is 40.0 Å². The summed E-state index contributed by atoms with van der Waals surface area (Å²) in [5.41, 5.74) is 7.46. The minimum Gasteiger partial charge on any atom is -0.368 e. The normalized spacial score (nSPS) is 10.4. The minimum atomic E-state index is 0.0934. The highest BCUT2D eigenvalue weighted by atomic mass is 79.9. The molecule has 0 amide bonds. The van der Waals surface area contributed by atoms with Crippen molar-refractivity contribution < 1.29 is 0 Å². The van der Waals surface area contributed by atoms with Gasteiger partial charge in [-0.1, -0.05) is 18.2 Å².